The van der Waals surface area contributed by atoms with Gasteiger partial charge in [0.2, 0.25) is 10.0 Å². The second-order valence-electron chi connectivity index (χ2n) is 7.18. The van der Waals surface area contributed by atoms with Crippen molar-refractivity contribution in [2.75, 3.05) is 38.1 Å². The van der Waals surface area contributed by atoms with Crippen LogP contribution in [0.1, 0.15) is 15.9 Å². The maximum atomic E-state index is 13.1. The Morgan fingerprint density at radius 2 is 1.87 bits per heavy atom. The first kappa shape index (κ1) is 20.6. The largest absolute Gasteiger partial charge is 0.482 e. The molecule has 1 N–H and O–H groups in total. The standard InChI is InChI=1S/C20H20ClN3O5S/c1-13-3-2-4-14(9-13)20(26)23-5-7-24(8-6-23)30(27,28)18-11-17-16(10-15(18)21)22-19(25)12-29-17/h2-4,9-11H,5-8,12H2,1H3,(H,22,25). The molecule has 0 atom stereocenters. The monoisotopic (exact) mass is 449 g/mol. The molecule has 10 heteroatoms. The lowest BCUT2D eigenvalue weighted by Gasteiger charge is -2.34. The minimum atomic E-state index is -3.89. The second kappa shape index (κ2) is 7.90. The van der Waals surface area contributed by atoms with Crippen LogP contribution in [0.15, 0.2) is 41.3 Å². The summed E-state index contributed by atoms with van der Waals surface area (Å²) >= 11 is 6.21. The lowest BCUT2D eigenvalue weighted by Crippen LogP contribution is -2.50. The zero-order valence-electron chi connectivity index (χ0n) is 16.2. The summed E-state index contributed by atoms with van der Waals surface area (Å²) in [5, 5.41) is 2.59. The van der Waals surface area contributed by atoms with Crippen molar-refractivity contribution in [3.05, 3.63) is 52.5 Å². The quantitative estimate of drug-likeness (QED) is 0.774. The van der Waals surface area contributed by atoms with Crippen molar-refractivity contribution in [2.45, 2.75) is 11.8 Å². The normalized spacial score (nSPS) is 17.1. The van der Waals surface area contributed by atoms with E-state index in [-0.39, 0.29) is 60.3 Å². The van der Waals surface area contributed by atoms with Crippen LogP contribution in [0.25, 0.3) is 0 Å². The van der Waals surface area contributed by atoms with E-state index in [9.17, 15) is 18.0 Å². The van der Waals surface area contributed by atoms with Gasteiger partial charge in [0.15, 0.2) is 6.61 Å². The van der Waals surface area contributed by atoms with Gasteiger partial charge in [0, 0.05) is 37.8 Å². The topological polar surface area (TPSA) is 96.0 Å². The summed E-state index contributed by atoms with van der Waals surface area (Å²) in [6.45, 7) is 2.60. The third-order valence-electron chi connectivity index (χ3n) is 5.08. The molecule has 2 aromatic carbocycles. The molecular weight excluding hydrogens is 430 g/mol. The molecule has 8 nitrogen and oxygen atoms in total. The van der Waals surface area contributed by atoms with Crippen molar-refractivity contribution in [2.24, 2.45) is 0 Å². The summed E-state index contributed by atoms with van der Waals surface area (Å²) < 4.78 is 32.9. The number of amides is 2. The van der Waals surface area contributed by atoms with Crippen LogP contribution in [0.2, 0.25) is 5.02 Å². The number of fused-ring (bicyclic) bond motifs is 1. The molecule has 2 aliphatic heterocycles. The van der Waals surface area contributed by atoms with E-state index in [1.165, 1.54) is 16.4 Å². The fraction of sp³-hybridized carbons (Fsp3) is 0.300. The molecule has 1 saturated heterocycles. The van der Waals surface area contributed by atoms with E-state index >= 15 is 0 Å². The van der Waals surface area contributed by atoms with E-state index in [4.69, 9.17) is 16.3 Å². The average molecular weight is 450 g/mol. The second-order valence-corrected chi connectivity index (χ2v) is 9.49. The molecule has 0 saturated carbocycles. The molecule has 158 valence electrons. The van der Waals surface area contributed by atoms with Gasteiger partial charge in [-0.3, -0.25) is 9.59 Å². The zero-order valence-corrected chi connectivity index (χ0v) is 17.8. The lowest BCUT2D eigenvalue weighted by atomic mass is 10.1. The number of anilines is 1. The lowest BCUT2D eigenvalue weighted by molar-refractivity contribution is -0.118. The molecule has 0 bridgehead atoms. The fourth-order valence-electron chi connectivity index (χ4n) is 3.51. The van der Waals surface area contributed by atoms with E-state index in [0.717, 1.165) is 5.56 Å². The molecule has 2 amide bonds. The number of ether oxygens (including phenoxy) is 1. The van der Waals surface area contributed by atoms with Crippen molar-refractivity contribution in [1.29, 1.82) is 0 Å². The van der Waals surface area contributed by atoms with Crippen LogP contribution in [0.4, 0.5) is 5.69 Å². The van der Waals surface area contributed by atoms with E-state index in [2.05, 4.69) is 5.32 Å². The van der Waals surface area contributed by atoms with E-state index in [1.807, 2.05) is 25.1 Å². The number of nitrogens with zero attached hydrogens (tertiary/aromatic N) is 2. The number of hydrogen-bond donors (Lipinski definition) is 1. The number of carbonyl (C=O) groups is 2. The molecule has 1 fully saturated rings. The molecule has 2 aromatic rings. The smallest absolute Gasteiger partial charge is 0.262 e. The van der Waals surface area contributed by atoms with Crippen LogP contribution in [0, 0.1) is 6.92 Å². The van der Waals surface area contributed by atoms with Crippen molar-refractivity contribution >= 4 is 39.1 Å². The van der Waals surface area contributed by atoms with Gasteiger partial charge < -0.3 is 15.0 Å². The van der Waals surface area contributed by atoms with Gasteiger partial charge in [-0.05, 0) is 25.1 Å². The summed E-state index contributed by atoms with van der Waals surface area (Å²) in [6, 6.07) is 10.0. The minimum absolute atomic E-state index is 0.00202. The highest BCUT2D eigenvalue weighted by molar-refractivity contribution is 7.89. The number of sulfonamides is 1. The number of aryl methyl sites for hydroxylation is 1. The molecule has 0 radical (unpaired) electrons. The van der Waals surface area contributed by atoms with Crippen LogP contribution >= 0.6 is 11.6 Å². The van der Waals surface area contributed by atoms with Gasteiger partial charge in [0.25, 0.3) is 11.8 Å². The predicted molar refractivity (Wildman–Crippen MR) is 111 cm³/mol. The molecule has 2 aliphatic rings. The molecule has 4 rings (SSSR count). The van der Waals surface area contributed by atoms with Gasteiger partial charge in [-0.2, -0.15) is 4.31 Å². The molecular formula is C20H20ClN3O5S. The fourth-order valence-corrected chi connectivity index (χ4v) is 5.45. The van der Waals surface area contributed by atoms with E-state index < -0.39 is 10.0 Å². The molecule has 0 aliphatic carbocycles. The first-order valence-electron chi connectivity index (χ1n) is 9.38. The maximum Gasteiger partial charge on any atom is 0.262 e. The molecule has 30 heavy (non-hydrogen) atoms. The first-order chi connectivity index (χ1) is 14.3. The highest BCUT2D eigenvalue weighted by Gasteiger charge is 2.33. The minimum Gasteiger partial charge on any atom is -0.482 e. The van der Waals surface area contributed by atoms with Crippen LogP contribution in [0.5, 0.6) is 5.75 Å². The SMILES string of the molecule is Cc1cccc(C(=O)N2CCN(S(=O)(=O)c3cc4c(cc3Cl)NC(=O)CO4)CC2)c1. The Morgan fingerprint density at radius 1 is 1.13 bits per heavy atom. The summed E-state index contributed by atoms with van der Waals surface area (Å²) in [6.07, 6.45) is 0. The third-order valence-corrected chi connectivity index (χ3v) is 7.44. The van der Waals surface area contributed by atoms with Gasteiger partial charge in [-0.25, -0.2) is 8.42 Å². The first-order valence-corrected chi connectivity index (χ1v) is 11.2. The van der Waals surface area contributed by atoms with Crippen LogP contribution in [0.3, 0.4) is 0 Å². The van der Waals surface area contributed by atoms with E-state index in [0.29, 0.717) is 11.3 Å². The Balaban J connectivity index is 1.50. The highest BCUT2D eigenvalue weighted by atomic mass is 35.5. The van der Waals surface area contributed by atoms with Crippen molar-refractivity contribution in [3.8, 4) is 5.75 Å². The summed E-state index contributed by atoms with van der Waals surface area (Å²) in [7, 11) is -3.89. The predicted octanol–water partition coefficient (Wildman–Crippen LogP) is 2.13. The number of benzene rings is 2. The third kappa shape index (κ3) is 3.88. The Labute approximate surface area is 179 Å². The summed E-state index contributed by atoms with van der Waals surface area (Å²) in [5.41, 5.74) is 1.91. The highest BCUT2D eigenvalue weighted by Crippen LogP contribution is 2.37. The number of rotatable bonds is 3. The van der Waals surface area contributed by atoms with Gasteiger partial charge in [0.05, 0.1) is 10.7 Å². The van der Waals surface area contributed by atoms with Crippen LogP contribution in [-0.2, 0) is 14.8 Å². The van der Waals surface area contributed by atoms with Gasteiger partial charge in [-0.15, -0.1) is 0 Å². The number of halogens is 1. The van der Waals surface area contributed by atoms with Gasteiger partial charge >= 0.3 is 0 Å². The van der Waals surface area contributed by atoms with Crippen LogP contribution < -0.4 is 10.1 Å². The Morgan fingerprint density at radius 3 is 2.57 bits per heavy atom. The summed E-state index contributed by atoms with van der Waals surface area (Å²) in [5.74, 6) is -0.193. The van der Waals surface area contributed by atoms with Gasteiger partial charge in [-0.1, -0.05) is 29.3 Å². The Hall–Kier alpha value is -2.62. The number of hydrogen-bond acceptors (Lipinski definition) is 5. The van der Waals surface area contributed by atoms with Crippen molar-refractivity contribution in [3.63, 3.8) is 0 Å². The summed E-state index contributed by atoms with van der Waals surface area (Å²) in [4.78, 5) is 25.7. The number of nitrogens with one attached hydrogen (secondary N) is 1. The molecule has 0 aromatic heterocycles. The number of carbonyl (C=O) groups excluding carboxylic acids is 2. The Kier molecular flexibility index (Phi) is 5.44. The molecule has 0 unspecified atom stereocenters. The van der Waals surface area contributed by atoms with Crippen molar-refractivity contribution in [1.82, 2.24) is 9.21 Å². The van der Waals surface area contributed by atoms with E-state index in [1.54, 1.807) is 11.0 Å². The Bertz CT molecular complexity index is 1130. The number of piperazine rings is 1. The molecule has 0 spiro atoms. The average Bonchev–Trinajstić information content (AvgIpc) is 2.72. The zero-order chi connectivity index (χ0) is 21.5. The van der Waals surface area contributed by atoms with Crippen LogP contribution in [-0.4, -0.2) is 62.2 Å². The molecule has 2 heterocycles. The van der Waals surface area contributed by atoms with Crippen molar-refractivity contribution < 1.29 is 22.7 Å². The maximum absolute atomic E-state index is 13.1. The van der Waals surface area contributed by atoms with Gasteiger partial charge in [0.1, 0.15) is 10.6 Å².